The third kappa shape index (κ3) is 7.08. The molecule has 70 heavy (non-hydrogen) atoms. The third-order valence-electron chi connectivity index (χ3n) is 13.5. The lowest BCUT2D eigenvalue weighted by atomic mass is 10.0. The van der Waals surface area contributed by atoms with Crippen molar-refractivity contribution in [2.75, 3.05) is 19.6 Å². The highest BCUT2D eigenvalue weighted by Crippen LogP contribution is 2.56. The van der Waals surface area contributed by atoms with Crippen LogP contribution in [0.4, 0.5) is 68.2 Å². The summed E-state index contributed by atoms with van der Waals surface area (Å²) in [6, 6.07) is 96.1. The summed E-state index contributed by atoms with van der Waals surface area (Å²) < 4.78 is 0. The van der Waals surface area contributed by atoms with Gasteiger partial charge in [-0.05, 0) is 113 Å². The lowest BCUT2D eigenvalue weighted by Gasteiger charge is -2.41. The summed E-state index contributed by atoms with van der Waals surface area (Å²) in [5.41, 5.74) is 14.7. The number of nitrogens with zero attached hydrogens (tertiary/aromatic N) is 5. The van der Waals surface area contributed by atoms with Crippen molar-refractivity contribution in [3.63, 3.8) is 0 Å². The van der Waals surface area contributed by atoms with E-state index in [0.29, 0.717) is 0 Å². The summed E-state index contributed by atoms with van der Waals surface area (Å²) in [6.45, 7) is 0. The number of aromatic nitrogens is 1. The number of anilines is 12. The normalized spacial score (nSPS) is 11.9. The van der Waals surface area contributed by atoms with Crippen molar-refractivity contribution in [3.8, 4) is 11.3 Å². The molecule has 0 fully saturated rings. The summed E-state index contributed by atoms with van der Waals surface area (Å²) in [4.78, 5) is 14.6. The minimum absolute atomic E-state index is 0.966. The Hall–Kier alpha value is -9.45. The maximum Gasteiger partial charge on any atom is 0.0781 e. The summed E-state index contributed by atoms with van der Waals surface area (Å²) in [5.74, 6) is 0. The highest BCUT2D eigenvalue weighted by Gasteiger charge is 2.32. The first kappa shape index (κ1) is 40.8. The molecule has 1 aliphatic rings. The van der Waals surface area contributed by atoms with Gasteiger partial charge in [0.1, 0.15) is 0 Å². The van der Waals surface area contributed by atoms with Crippen molar-refractivity contribution in [1.82, 2.24) is 4.98 Å². The van der Waals surface area contributed by atoms with Gasteiger partial charge >= 0.3 is 0 Å². The van der Waals surface area contributed by atoms with Crippen LogP contribution in [0, 0.1) is 0 Å². The summed E-state index contributed by atoms with van der Waals surface area (Å²) in [7, 11) is 0. The van der Waals surface area contributed by atoms with Crippen LogP contribution in [0.25, 0.3) is 43.6 Å². The molecule has 1 aliphatic heterocycles. The van der Waals surface area contributed by atoms with Crippen LogP contribution in [-0.4, -0.2) is 4.98 Å². The van der Waals surface area contributed by atoms with Gasteiger partial charge in [0, 0.05) is 45.0 Å². The van der Waals surface area contributed by atoms with E-state index in [1.807, 2.05) is 6.20 Å². The van der Waals surface area contributed by atoms with Crippen molar-refractivity contribution < 1.29 is 0 Å². The van der Waals surface area contributed by atoms with Crippen LogP contribution in [-0.2, 0) is 0 Å². The molecule has 0 spiro atoms. The molecule has 2 heterocycles. The maximum absolute atomic E-state index is 4.93. The van der Waals surface area contributed by atoms with Crippen LogP contribution in [0.15, 0.2) is 273 Å². The molecule has 11 aromatic carbocycles. The molecule has 13 rings (SSSR count). The largest absolute Gasteiger partial charge is 0.310 e. The van der Waals surface area contributed by atoms with Crippen LogP contribution in [0.2, 0.25) is 0 Å². The molecular formula is C65H45N5. The zero-order chi connectivity index (χ0) is 46.4. The average molecular weight is 896 g/mol. The van der Waals surface area contributed by atoms with E-state index in [1.54, 1.807) is 0 Å². The number of fused-ring (bicyclic) bond motifs is 5. The first-order valence-electron chi connectivity index (χ1n) is 23.8. The fraction of sp³-hybridized carbons (Fsp3) is 0. The van der Waals surface area contributed by atoms with E-state index in [1.165, 1.54) is 26.9 Å². The van der Waals surface area contributed by atoms with Crippen molar-refractivity contribution in [3.05, 3.63) is 273 Å². The molecule has 0 N–H and O–H groups in total. The molecule has 330 valence electrons. The topological polar surface area (TPSA) is 25.9 Å². The lowest BCUT2D eigenvalue weighted by molar-refractivity contribution is 1.16. The maximum atomic E-state index is 4.93. The Bertz CT molecular complexity index is 3680. The molecule has 0 unspecified atom stereocenters. The molecule has 0 saturated carbocycles. The molecule has 12 aromatic rings. The fourth-order valence-electron chi connectivity index (χ4n) is 10.4. The quantitative estimate of drug-likeness (QED) is 0.144. The monoisotopic (exact) mass is 895 g/mol. The minimum atomic E-state index is 0.966. The molecule has 0 saturated heterocycles. The van der Waals surface area contributed by atoms with Gasteiger partial charge in [-0.1, -0.05) is 170 Å². The smallest absolute Gasteiger partial charge is 0.0781 e. The first-order chi connectivity index (χ1) is 34.7. The second kappa shape index (κ2) is 17.3. The predicted molar refractivity (Wildman–Crippen MR) is 294 cm³/mol. The second-order valence-corrected chi connectivity index (χ2v) is 17.6. The number of benzene rings is 11. The molecule has 0 amide bonds. The van der Waals surface area contributed by atoms with E-state index in [4.69, 9.17) is 4.98 Å². The Morgan fingerprint density at radius 2 is 0.700 bits per heavy atom. The standard InChI is InChI=1S/C65H45N5/c1-3-26-50(27-4-1)67(59-38-18-23-46-20-7-10-31-56(46)59)53-43-54(68(51-28-5-2-6-29-51)60-39-19-24-47-21-8-11-32-57(47)60)45-55(44-53)70-63-36-15-13-34-61(63)69(62-35-14-16-37-64(62)70)52-30-17-25-49(42-52)65-58-33-12-9-22-48(58)40-41-66-65/h1-45H. The van der Waals surface area contributed by atoms with Crippen LogP contribution in [0.5, 0.6) is 0 Å². The van der Waals surface area contributed by atoms with E-state index in [2.05, 4.69) is 287 Å². The van der Waals surface area contributed by atoms with E-state index >= 15 is 0 Å². The Balaban J connectivity index is 1.07. The van der Waals surface area contributed by atoms with Crippen molar-refractivity contribution >= 4 is 101 Å². The minimum Gasteiger partial charge on any atom is -0.310 e. The number of para-hydroxylation sites is 6. The van der Waals surface area contributed by atoms with Gasteiger partial charge < -0.3 is 19.6 Å². The average Bonchev–Trinajstić information content (AvgIpc) is 3.43. The van der Waals surface area contributed by atoms with Gasteiger partial charge in [-0.2, -0.15) is 0 Å². The van der Waals surface area contributed by atoms with Crippen molar-refractivity contribution in [2.45, 2.75) is 0 Å². The van der Waals surface area contributed by atoms with Crippen LogP contribution >= 0.6 is 0 Å². The third-order valence-corrected chi connectivity index (χ3v) is 13.5. The molecule has 5 heteroatoms. The summed E-state index contributed by atoms with van der Waals surface area (Å²) >= 11 is 0. The van der Waals surface area contributed by atoms with E-state index in [0.717, 1.165) is 84.9 Å². The molecule has 0 atom stereocenters. The molecule has 1 aromatic heterocycles. The SMILES string of the molecule is c1ccc(N(c2cc(N3c4ccccc4N(c4cccc(-c5nccc6ccccc56)c4)c4ccccc43)cc(N(c3ccccc3)c3cccc4ccccc34)c2)c2cccc3ccccc23)cc1. The van der Waals surface area contributed by atoms with Gasteiger partial charge in [0.05, 0.1) is 56.9 Å². The highest BCUT2D eigenvalue weighted by atomic mass is 15.3. The van der Waals surface area contributed by atoms with E-state index in [9.17, 15) is 0 Å². The first-order valence-corrected chi connectivity index (χ1v) is 23.8. The van der Waals surface area contributed by atoms with Crippen LogP contribution in [0.3, 0.4) is 0 Å². The van der Waals surface area contributed by atoms with Crippen molar-refractivity contribution in [1.29, 1.82) is 0 Å². The van der Waals surface area contributed by atoms with Gasteiger partial charge in [0.2, 0.25) is 0 Å². The van der Waals surface area contributed by atoms with Gasteiger partial charge in [-0.15, -0.1) is 0 Å². The van der Waals surface area contributed by atoms with E-state index < -0.39 is 0 Å². The Kier molecular flexibility index (Phi) is 10.1. The second-order valence-electron chi connectivity index (χ2n) is 17.6. The Morgan fingerprint density at radius 1 is 0.286 bits per heavy atom. The molecule has 0 radical (unpaired) electrons. The molecule has 0 bridgehead atoms. The molecule has 0 aliphatic carbocycles. The fourth-order valence-corrected chi connectivity index (χ4v) is 10.4. The highest BCUT2D eigenvalue weighted by molar-refractivity contribution is 6.06. The van der Waals surface area contributed by atoms with Gasteiger partial charge in [0.15, 0.2) is 0 Å². The Morgan fingerprint density at radius 3 is 1.23 bits per heavy atom. The summed E-state index contributed by atoms with van der Waals surface area (Å²) in [5, 5.41) is 6.99. The van der Waals surface area contributed by atoms with Gasteiger partial charge in [-0.3, -0.25) is 4.98 Å². The zero-order valence-corrected chi connectivity index (χ0v) is 38.2. The Labute approximate surface area is 407 Å². The van der Waals surface area contributed by atoms with Gasteiger partial charge in [-0.25, -0.2) is 0 Å². The number of hydrogen-bond acceptors (Lipinski definition) is 5. The van der Waals surface area contributed by atoms with Crippen LogP contribution in [0.1, 0.15) is 0 Å². The van der Waals surface area contributed by atoms with Gasteiger partial charge in [0.25, 0.3) is 0 Å². The summed E-state index contributed by atoms with van der Waals surface area (Å²) in [6.07, 6.45) is 1.91. The van der Waals surface area contributed by atoms with E-state index in [-0.39, 0.29) is 0 Å². The van der Waals surface area contributed by atoms with Crippen LogP contribution < -0.4 is 19.6 Å². The number of pyridine rings is 1. The number of rotatable bonds is 9. The predicted octanol–water partition coefficient (Wildman–Crippen LogP) is 18.4. The van der Waals surface area contributed by atoms with Crippen molar-refractivity contribution in [2.24, 2.45) is 0 Å². The lowest BCUT2D eigenvalue weighted by Crippen LogP contribution is -2.24. The molecular weight excluding hydrogens is 851 g/mol. The zero-order valence-electron chi connectivity index (χ0n) is 38.2. The number of hydrogen-bond donors (Lipinski definition) is 0. The molecule has 5 nitrogen and oxygen atoms in total.